The number of benzene rings is 5. The largest absolute Gasteiger partial charge is 0.332 e. The third kappa shape index (κ3) is 5.98. The first-order valence-corrected chi connectivity index (χ1v) is 19.2. The summed E-state index contributed by atoms with van der Waals surface area (Å²) in [5.74, 6) is 0.161. The van der Waals surface area contributed by atoms with Crippen LogP contribution in [-0.2, 0) is 5.41 Å². The summed E-state index contributed by atoms with van der Waals surface area (Å²) in [5, 5.41) is 1.31. The Morgan fingerprint density at radius 3 is 2.06 bits per heavy atom. The highest BCUT2D eigenvalue weighted by Crippen LogP contribution is 2.46. The minimum absolute atomic E-state index is 0.203. The summed E-state index contributed by atoms with van der Waals surface area (Å²) >= 11 is 0. The minimum Gasteiger partial charge on any atom is -0.332 e. The average Bonchev–Trinajstić information content (AvgIpc) is 3.55. The third-order valence-corrected chi connectivity index (χ3v) is 11.9. The Kier molecular flexibility index (Phi) is 8.46. The molecular formula is C51H45FN2. The van der Waals surface area contributed by atoms with Gasteiger partial charge in [0.05, 0.1) is 11.1 Å². The fraction of sp³-hybridized carbons (Fsp3) is 0.176. The van der Waals surface area contributed by atoms with E-state index in [1.165, 1.54) is 55.8 Å². The molecule has 0 fully saturated rings. The van der Waals surface area contributed by atoms with Crippen molar-refractivity contribution in [1.82, 2.24) is 4.57 Å². The maximum atomic E-state index is 13.8. The van der Waals surface area contributed by atoms with Crippen LogP contribution in [0.3, 0.4) is 0 Å². The van der Waals surface area contributed by atoms with Gasteiger partial charge in [0.2, 0.25) is 0 Å². The van der Waals surface area contributed by atoms with Crippen LogP contribution in [0, 0.1) is 5.82 Å². The van der Waals surface area contributed by atoms with Crippen molar-refractivity contribution in [2.45, 2.75) is 56.9 Å². The SMILES string of the molecule is CC1CC(C2=CCC(C)(N(C3=CCC(C)(c4ccc(F)cc4)C=C3)c3ccc(-c4ccccc4)cc3)C=C2)=Cc2c1n(-c1ccccc1)c1ccccc21. The molecule has 3 aliphatic rings. The van der Waals surface area contributed by atoms with Crippen molar-refractivity contribution in [1.29, 1.82) is 0 Å². The second-order valence-corrected chi connectivity index (χ2v) is 15.7. The van der Waals surface area contributed by atoms with Crippen molar-refractivity contribution in [3.63, 3.8) is 0 Å². The lowest BCUT2D eigenvalue weighted by atomic mass is 9.76. The van der Waals surface area contributed by atoms with E-state index in [1.54, 1.807) is 12.1 Å². The Bertz CT molecular complexity index is 2500. The van der Waals surface area contributed by atoms with Gasteiger partial charge in [0.1, 0.15) is 5.82 Å². The van der Waals surface area contributed by atoms with Crippen molar-refractivity contribution in [3.05, 3.63) is 209 Å². The van der Waals surface area contributed by atoms with Crippen LogP contribution in [0.1, 0.15) is 62.8 Å². The predicted molar refractivity (Wildman–Crippen MR) is 224 cm³/mol. The molecule has 0 saturated heterocycles. The van der Waals surface area contributed by atoms with E-state index in [9.17, 15) is 4.39 Å². The summed E-state index contributed by atoms with van der Waals surface area (Å²) < 4.78 is 16.3. The highest BCUT2D eigenvalue weighted by Gasteiger charge is 2.36. The van der Waals surface area contributed by atoms with Crippen LogP contribution in [-0.4, -0.2) is 10.1 Å². The number of aromatic nitrogens is 1. The topological polar surface area (TPSA) is 8.17 Å². The van der Waals surface area contributed by atoms with Gasteiger partial charge in [-0.2, -0.15) is 0 Å². The Morgan fingerprint density at radius 2 is 1.37 bits per heavy atom. The maximum Gasteiger partial charge on any atom is 0.123 e. The number of fused-ring (bicyclic) bond motifs is 3. The zero-order valence-electron chi connectivity index (χ0n) is 31.2. The summed E-state index contributed by atoms with van der Waals surface area (Å²) in [7, 11) is 0. The zero-order chi connectivity index (χ0) is 36.9. The highest BCUT2D eigenvalue weighted by molar-refractivity contribution is 5.94. The number of hydrogen-bond acceptors (Lipinski definition) is 1. The van der Waals surface area contributed by atoms with Crippen LogP contribution in [0.15, 0.2) is 187 Å². The smallest absolute Gasteiger partial charge is 0.123 e. The van der Waals surface area contributed by atoms with Gasteiger partial charge in [0.15, 0.2) is 0 Å². The van der Waals surface area contributed by atoms with E-state index in [0.29, 0.717) is 5.92 Å². The van der Waals surface area contributed by atoms with Gasteiger partial charge in [0.25, 0.3) is 0 Å². The molecule has 1 aromatic heterocycles. The summed E-state index contributed by atoms with van der Waals surface area (Å²) in [5.41, 5.74) is 13.3. The van der Waals surface area contributed by atoms with E-state index in [-0.39, 0.29) is 16.8 Å². The molecule has 5 aromatic carbocycles. The highest BCUT2D eigenvalue weighted by atomic mass is 19.1. The summed E-state index contributed by atoms with van der Waals surface area (Å²) in [6.07, 6.45) is 19.3. The molecule has 0 aliphatic heterocycles. The molecule has 0 N–H and O–H groups in total. The normalized spacial score (nSPS) is 22.0. The molecule has 6 aromatic rings. The number of anilines is 1. The molecule has 0 radical (unpaired) electrons. The van der Waals surface area contributed by atoms with Crippen LogP contribution in [0.2, 0.25) is 0 Å². The van der Waals surface area contributed by atoms with Crippen LogP contribution in [0.5, 0.6) is 0 Å². The van der Waals surface area contributed by atoms with E-state index in [0.717, 1.165) is 30.5 Å². The van der Waals surface area contributed by atoms with E-state index in [4.69, 9.17) is 0 Å². The fourth-order valence-corrected chi connectivity index (χ4v) is 8.87. The molecule has 2 nitrogen and oxygen atoms in total. The Labute approximate surface area is 318 Å². The first-order valence-electron chi connectivity index (χ1n) is 19.2. The predicted octanol–water partition coefficient (Wildman–Crippen LogP) is 13.3. The van der Waals surface area contributed by atoms with Gasteiger partial charge in [-0.15, -0.1) is 0 Å². The van der Waals surface area contributed by atoms with Crippen molar-refractivity contribution < 1.29 is 4.39 Å². The molecule has 266 valence electrons. The molecule has 3 unspecified atom stereocenters. The standard InChI is InChI=1S/C51H45FN2/c1-36-34-40(35-47-46-16-10-11-17-48(46)53(49(36)47)43-14-8-5-9-15-43)39-26-32-51(3,33-27-39)54(44-24-18-38(19-25-44)37-12-6-4-7-13-37)45-28-30-50(2,31-29-45)41-20-22-42(52)23-21-41/h4-30,32,35-36H,31,33-34H2,1-3H3. The van der Waals surface area contributed by atoms with Crippen LogP contribution < -0.4 is 4.90 Å². The van der Waals surface area contributed by atoms with E-state index < -0.39 is 0 Å². The number of hydrogen-bond donors (Lipinski definition) is 0. The number of rotatable bonds is 7. The zero-order valence-corrected chi connectivity index (χ0v) is 31.2. The lowest BCUT2D eigenvalue weighted by Gasteiger charge is -2.44. The van der Waals surface area contributed by atoms with E-state index >= 15 is 0 Å². The molecule has 0 spiro atoms. The van der Waals surface area contributed by atoms with Gasteiger partial charge in [-0.1, -0.05) is 135 Å². The molecule has 0 saturated carbocycles. The van der Waals surface area contributed by atoms with Gasteiger partial charge in [-0.3, -0.25) is 0 Å². The Hall–Kier alpha value is -5.93. The quantitative estimate of drug-likeness (QED) is 0.161. The molecule has 0 bridgehead atoms. The van der Waals surface area contributed by atoms with Gasteiger partial charge in [0, 0.05) is 45.0 Å². The van der Waals surface area contributed by atoms with E-state index in [1.807, 2.05) is 12.1 Å². The summed E-state index contributed by atoms with van der Waals surface area (Å²) in [4.78, 5) is 2.51. The molecule has 1 heterocycles. The van der Waals surface area contributed by atoms with Crippen molar-refractivity contribution in [2.24, 2.45) is 0 Å². The fourth-order valence-electron chi connectivity index (χ4n) is 8.87. The third-order valence-electron chi connectivity index (χ3n) is 11.9. The number of allylic oxidation sites excluding steroid dienone is 6. The van der Waals surface area contributed by atoms with Crippen LogP contribution in [0.25, 0.3) is 33.8 Å². The second kappa shape index (κ2) is 13.5. The molecule has 9 rings (SSSR count). The van der Waals surface area contributed by atoms with Crippen molar-refractivity contribution in [3.8, 4) is 16.8 Å². The minimum atomic E-state index is -0.299. The molecule has 0 amide bonds. The van der Waals surface area contributed by atoms with Gasteiger partial charge >= 0.3 is 0 Å². The first kappa shape index (κ1) is 33.9. The monoisotopic (exact) mass is 704 g/mol. The lowest BCUT2D eigenvalue weighted by molar-refractivity contribution is 0.539. The number of halogens is 1. The average molecular weight is 705 g/mol. The molecule has 3 aliphatic carbocycles. The second-order valence-electron chi connectivity index (χ2n) is 15.7. The number of nitrogens with zero attached hydrogens (tertiary/aromatic N) is 2. The molecular weight excluding hydrogens is 660 g/mol. The molecule has 3 heteroatoms. The van der Waals surface area contributed by atoms with Crippen molar-refractivity contribution >= 4 is 22.7 Å². The van der Waals surface area contributed by atoms with Crippen LogP contribution in [0.4, 0.5) is 10.1 Å². The molecule has 3 atom stereocenters. The number of para-hydroxylation sites is 2. The molecule has 54 heavy (non-hydrogen) atoms. The lowest BCUT2D eigenvalue weighted by Crippen LogP contribution is -2.45. The summed E-state index contributed by atoms with van der Waals surface area (Å²) in [6, 6.07) is 46.1. The Morgan fingerprint density at radius 1 is 0.685 bits per heavy atom. The summed E-state index contributed by atoms with van der Waals surface area (Å²) in [6.45, 7) is 6.97. The first-order chi connectivity index (χ1) is 26.3. The Balaban J connectivity index is 1.06. The van der Waals surface area contributed by atoms with Gasteiger partial charge in [-0.25, -0.2) is 4.39 Å². The van der Waals surface area contributed by atoms with E-state index in [2.05, 4.69) is 182 Å². The van der Waals surface area contributed by atoms with Gasteiger partial charge in [-0.05, 0) is 109 Å². The maximum absolute atomic E-state index is 13.8. The van der Waals surface area contributed by atoms with Crippen LogP contribution >= 0.6 is 0 Å². The van der Waals surface area contributed by atoms with Crippen molar-refractivity contribution in [2.75, 3.05) is 4.90 Å². The van der Waals surface area contributed by atoms with Gasteiger partial charge < -0.3 is 9.47 Å².